The summed E-state index contributed by atoms with van der Waals surface area (Å²) >= 11 is 0. The quantitative estimate of drug-likeness (QED) is 0.657. The van der Waals surface area contributed by atoms with E-state index in [1.54, 1.807) is 0 Å². The van der Waals surface area contributed by atoms with Crippen LogP contribution in [0.2, 0.25) is 0 Å². The van der Waals surface area contributed by atoms with Gasteiger partial charge in [-0.15, -0.1) is 12.4 Å². The predicted octanol–water partition coefficient (Wildman–Crippen LogP) is 2.68. The van der Waals surface area contributed by atoms with Crippen LogP contribution in [-0.4, -0.2) is 23.3 Å². The number of rotatable bonds is 4. The Hall–Kier alpha value is -1.74. The van der Waals surface area contributed by atoms with Crippen molar-refractivity contribution in [3.05, 3.63) is 27.8 Å². The second-order valence-electron chi connectivity index (χ2n) is 3.77. The molecule has 1 aromatic carbocycles. The van der Waals surface area contributed by atoms with Gasteiger partial charge in [-0.3, -0.25) is 10.1 Å². The van der Waals surface area contributed by atoms with Crippen LogP contribution in [0.5, 0.6) is 11.5 Å². The molecule has 0 aliphatic heterocycles. The Balaban J connectivity index is 0.00000361. The SMILES string of the molecule is COc1cc([C@@H](N)CC(F)(F)F)cc([N+](=O)[O-])c1O.Cl. The summed E-state index contributed by atoms with van der Waals surface area (Å²) in [5, 5.41) is 20.1. The van der Waals surface area contributed by atoms with Crippen LogP contribution in [-0.2, 0) is 0 Å². The molecule has 0 aliphatic rings. The minimum atomic E-state index is -4.50. The summed E-state index contributed by atoms with van der Waals surface area (Å²) < 4.78 is 41.3. The molecule has 1 rings (SSSR count). The number of nitrogens with zero attached hydrogens (tertiary/aromatic N) is 1. The molecular weight excluding hydrogens is 305 g/mol. The van der Waals surface area contributed by atoms with E-state index >= 15 is 0 Å². The van der Waals surface area contributed by atoms with Crippen LogP contribution in [0, 0.1) is 10.1 Å². The molecule has 0 unspecified atom stereocenters. The molecule has 20 heavy (non-hydrogen) atoms. The van der Waals surface area contributed by atoms with E-state index in [9.17, 15) is 28.4 Å². The third-order valence-corrected chi connectivity index (χ3v) is 2.37. The molecule has 0 fully saturated rings. The Bertz CT molecular complexity index is 496. The molecule has 0 saturated heterocycles. The molecule has 3 N–H and O–H groups in total. The topological polar surface area (TPSA) is 98.6 Å². The van der Waals surface area contributed by atoms with E-state index < -0.39 is 35.0 Å². The number of ether oxygens (including phenoxy) is 1. The molecule has 10 heteroatoms. The molecule has 0 bridgehead atoms. The summed E-state index contributed by atoms with van der Waals surface area (Å²) in [4.78, 5) is 9.75. The summed E-state index contributed by atoms with van der Waals surface area (Å²) in [5.41, 5.74) is 4.45. The zero-order chi connectivity index (χ0) is 14.8. The molecule has 6 nitrogen and oxygen atoms in total. The minimum Gasteiger partial charge on any atom is -0.500 e. The van der Waals surface area contributed by atoms with Crippen molar-refractivity contribution in [2.75, 3.05) is 7.11 Å². The number of phenolic OH excluding ortho intramolecular Hbond substituents is 1. The second-order valence-corrected chi connectivity index (χ2v) is 3.77. The van der Waals surface area contributed by atoms with Gasteiger partial charge < -0.3 is 15.6 Å². The largest absolute Gasteiger partial charge is 0.500 e. The lowest BCUT2D eigenvalue weighted by atomic mass is 10.0. The average molecular weight is 317 g/mol. The van der Waals surface area contributed by atoms with Gasteiger partial charge in [-0.05, 0) is 11.6 Å². The Kier molecular flexibility index (Phi) is 6.04. The molecule has 0 radical (unpaired) electrons. The van der Waals surface area contributed by atoms with Crippen LogP contribution in [0.15, 0.2) is 12.1 Å². The fourth-order valence-electron chi connectivity index (χ4n) is 1.49. The summed E-state index contributed by atoms with van der Waals surface area (Å²) in [5.74, 6) is -1.06. The van der Waals surface area contributed by atoms with Crippen molar-refractivity contribution in [1.82, 2.24) is 0 Å². The molecule has 0 aromatic heterocycles. The van der Waals surface area contributed by atoms with Crippen molar-refractivity contribution in [3.63, 3.8) is 0 Å². The second kappa shape index (κ2) is 6.62. The molecule has 0 aliphatic carbocycles. The Morgan fingerprint density at radius 3 is 2.45 bits per heavy atom. The van der Waals surface area contributed by atoms with E-state index in [1.165, 1.54) is 0 Å². The normalized spacial score (nSPS) is 12.4. The van der Waals surface area contributed by atoms with E-state index in [4.69, 9.17) is 5.73 Å². The lowest BCUT2D eigenvalue weighted by Crippen LogP contribution is -2.20. The molecule has 1 aromatic rings. The molecule has 0 saturated carbocycles. The van der Waals surface area contributed by atoms with Gasteiger partial charge in [-0.2, -0.15) is 13.2 Å². The number of nitro groups is 1. The summed E-state index contributed by atoms with van der Waals surface area (Å²) in [6.45, 7) is 0. The lowest BCUT2D eigenvalue weighted by molar-refractivity contribution is -0.386. The van der Waals surface area contributed by atoms with Crippen LogP contribution >= 0.6 is 12.4 Å². The van der Waals surface area contributed by atoms with Gasteiger partial charge in [0.1, 0.15) is 0 Å². The van der Waals surface area contributed by atoms with Crippen molar-refractivity contribution < 1.29 is 27.9 Å². The minimum absolute atomic E-state index is 0. The molecule has 0 heterocycles. The highest BCUT2D eigenvalue weighted by Gasteiger charge is 2.32. The van der Waals surface area contributed by atoms with Crippen LogP contribution in [0.3, 0.4) is 0 Å². The van der Waals surface area contributed by atoms with Crippen LogP contribution in [0.4, 0.5) is 18.9 Å². The van der Waals surface area contributed by atoms with Crippen molar-refractivity contribution in [1.29, 1.82) is 0 Å². The highest BCUT2D eigenvalue weighted by molar-refractivity contribution is 5.85. The van der Waals surface area contributed by atoms with Gasteiger partial charge in [0.25, 0.3) is 0 Å². The summed E-state index contributed by atoms with van der Waals surface area (Å²) in [7, 11) is 1.12. The third-order valence-electron chi connectivity index (χ3n) is 2.37. The smallest absolute Gasteiger partial charge is 0.390 e. The molecular formula is C10H12ClF3N2O4. The predicted molar refractivity (Wildman–Crippen MR) is 66.2 cm³/mol. The number of aromatic hydroxyl groups is 1. The van der Waals surface area contributed by atoms with Crippen LogP contribution < -0.4 is 10.5 Å². The summed E-state index contributed by atoms with van der Waals surface area (Å²) in [6, 6.07) is 0.362. The molecule has 0 spiro atoms. The van der Waals surface area contributed by atoms with Gasteiger partial charge in [-0.25, -0.2) is 0 Å². The van der Waals surface area contributed by atoms with Gasteiger partial charge in [0.2, 0.25) is 5.75 Å². The van der Waals surface area contributed by atoms with E-state index in [0.717, 1.165) is 19.2 Å². The van der Waals surface area contributed by atoms with Gasteiger partial charge in [-0.1, -0.05) is 0 Å². The van der Waals surface area contributed by atoms with Crippen molar-refractivity contribution in [3.8, 4) is 11.5 Å². The van der Waals surface area contributed by atoms with Crippen LogP contribution in [0.25, 0.3) is 0 Å². The van der Waals surface area contributed by atoms with Crippen LogP contribution in [0.1, 0.15) is 18.0 Å². The maximum Gasteiger partial charge on any atom is 0.390 e. The Morgan fingerprint density at radius 1 is 1.50 bits per heavy atom. The fraction of sp³-hybridized carbons (Fsp3) is 0.400. The Morgan fingerprint density at radius 2 is 2.05 bits per heavy atom. The standard InChI is InChI=1S/C10H11F3N2O4.ClH/c1-19-8-3-5(6(14)4-10(11,12)13)2-7(9(8)16)15(17)18;/h2-3,6,16H,4,14H2,1H3;1H/t6-;/m0./s1. The molecule has 1 atom stereocenters. The van der Waals surface area contributed by atoms with Gasteiger partial charge in [0.05, 0.1) is 18.5 Å². The van der Waals surface area contributed by atoms with Gasteiger partial charge >= 0.3 is 11.9 Å². The number of benzene rings is 1. The highest BCUT2D eigenvalue weighted by atomic mass is 35.5. The van der Waals surface area contributed by atoms with E-state index in [-0.39, 0.29) is 23.7 Å². The van der Waals surface area contributed by atoms with Gasteiger partial charge in [0, 0.05) is 12.1 Å². The first-order valence-corrected chi connectivity index (χ1v) is 5.03. The summed E-state index contributed by atoms with van der Waals surface area (Å²) in [6.07, 6.45) is -5.84. The van der Waals surface area contributed by atoms with E-state index in [0.29, 0.717) is 0 Å². The van der Waals surface area contributed by atoms with Gasteiger partial charge in [0.15, 0.2) is 5.75 Å². The number of methoxy groups -OCH3 is 1. The highest BCUT2D eigenvalue weighted by Crippen LogP contribution is 2.39. The van der Waals surface area contributed by atoms with Crippen molar-refractivity contribution in [2.45, 2.75) is 18.6 Å². The number of phenols is 1. The first kappa shape index (κ1) is 18.3. The number of nitrogens with two attached hydrogens (primary N) is 1. The monoisotopic (exact) mass is 316 g/mol. The molecule has 0 amide bonds. The lowest BCUT2D eigenvalue weighted by Gasteiger charge is -2.15. The zero-order valence-electron chi connectivity index (χ0n) is 10.2. The Labute approximate surface area is 117 Å². The van der Waals surface area contributed by atoms with E-state index in [1.807, 2.05) is 0 Å². The molecule has 114 valence electrons. The number of hydrogen-bond acceptors (Lipinski definition) is 5. The van der Waals surface area contributed by atoms with Crippen molar-refractivity contribution >= 4 is 18.1 Å². The third kappa shape index (κ3) is 4.42. The maximum absolute atomic E-state index is 12.2. The number of hydrogen-bond donors (Lipinski definition) is 2. The number of nitro benzene ring substituents is 1. The van der Waals surface area contributed by atoms with Crippen molar-refractivity contribution in [2.24, 2.45) is 5.73 Å². The fourth-order valence-corrected chi connectivity index (χ4v) is 1.49. The zero-order valence-corrected chi connectivity index (χ0v) is 11.0. The van der Waals surface area contributed by atoms with E-state index in [2.05, 4.69) is 4.74 Å². The number of halogens is 4. The maximum atomic E-state index is 12.2. The number of alkyl halides is 3. The first-order valence-electron chi connectivity index (χ1n) is 5.03. The first-order chi connectivity index (χ1) is 8.65. The average Bonchev–Trinajstić information content (AvgIpc) is 2.26.